The molecule has 5 heteroatoms. The van der Waals surface area contributed by atoms with E-state index in [2.05, 4.69) is 0 Å². The second-order valence-corrected chi connectivity index (χ2v) is 4.05. The molecule has 0 bridgehead atoms. The summed E-state index contributed by atoms with van der Waals surface area (Å²) in [6, 6.07) is 12.6. The minimum Gasteiger partial charge on any atom is -0.507 e. The molecule has 0 aliphatic heterocycles. The second kappa shape index (κ2) is 5.99. The number of carbonyl (C=O) groups excluding carboxylic acids is 2. The van der Waals surface area contributed by atoms with E-state index >= 15 is 0 Å². The summed E-state index contributed by atoms with van der Waals surface area (Å²) in [5.74, 6) is -1.03. The molecule has 0 amide bonds. The Hall–Kier alpha value is -2.66. The molecule has 5 nitrogen and oxygen atoms in total. The van der Waals surface area contributed by atoms with Gasteiger partial charge in [0.2, 0.25) is 0 Å². The third-order valence-electron chi connectivity index (χ3n) is 2.65. The quantitative estimate of drug-likeness (QED) is 0.499. The van der Waals surface area contributed by atoms with E-state index in [-0.39, 0.29) is 29.4 Å². The average molecular weight is 271 g/mol. The van der Waals surface area contributed by atoms with Gasteiger partial charge in [-0.05, 0) is 12.1 Å². The van der Waals surface area contributed by atoms with Crippen LogP contribution in [0.15, 0.2) is 48.5 Å². The predicted octanol–water partition coefficient (Wildman–Crippen LogP) is 1.49. The van der Waals surface area contributed by atoms with Gasteiger partial charge in [0.05, 0.1) is 12.1 Å². The molecule has 102 valence electrons. The van der Waals surface area contributed by atoms with Crippen molar-refractivity contribution in [3.05, 3.63) is 59.7 Å². The summed E-state index contributed by atoms with van der Waals surface area (Å²) in [6.45, 7) is -0.258. The summed E-state index contributed by atoms with van der Waals surface area (Å²) >= 11 is 0. The van der Waals surface area contributed by atoms with Gasteiger partial charge >= 0.3 is 5.97 Å². The summed E-state index contributed by atoms with van der Waals surface area (Å²) in [5, 5.41) is 9.87. The first-order chi connectivity index (χ1) is 9.61. The monoisotopic (exact) mass is 271 g/mol. The number of hydrogen-bond acceptors (Lipinski definition) is 5. The summed E-state index contributed by atoms with van der Waals surface area (Å²) in [4.78, 5) is 23.2. The molecule has 0 radical (unpaired) electrons. The zero-order valence-corrected chi connectivity index (χ0v) is 10.6. The number of phenols is 1. The number of benzene rings is 2. The lowest BCUT2D eigenvalue weighted by Gasteiger charge is -2.07. The van der Waals surface area contributed by atoms with E-state index in [1.807, 2.05) is 0 Å². The minimum absolute atomic E-state index is 0.141. The van der Waals surface area contributed by atoms with Crippen LogP contribution in [-0.2, 0) is 4.79 Å². The van der Waals surface area contributed by atoms with Crippen LogP contribution in [0.25, 0.3) is 0 Å². The molecule has 2 aromatic rings. The average Bonchev–Trinajstić information content (AvgIpc) is 2.47. The van der Waals surface area contributed by atoms with Crippen molar-refractivity contribution in [1.29, 1.82) is 0 Å². The standard InChI is InChI=1S/C15H13NO4/c16-9-14(18)20-11-6-7-12(13(17)8-11)15(19)10-4-2-1-3-5-10/h1-8,17H,9,16H2. The molecule has 0 heterocycles. The molecule has 0 aliphatic rings. The molecule has 2 rings (SSSR count). The SMILES string of the molecule is NCC(=O)Oc1ccc(C(=O)c2ccccc2)c(O)c1. The summed E-state index contributed by atoms with van der Waals surface area (Å²) in [7, 11) is 0. The van der Waals surface area contributed by atoms with E-state index in [9.17, 15) is 14.7 Å². The minimum atomic E-state index is -0.619. The van der Waals surface area contributed by atoms with Crippen molar-refractivity contribution in [3.8, 4) is 11.5 Å². The van der Waals surface area contributed by atoms with Crippen molar-refractivity contribution in [1.82, 2.24) is 0 Å². The van der Waals surface area contributed by atoms with Gasteiger partial charge in [0, 0.05) is 11.6 Å². The first-order valence-electron chi connectivity index (χ1n) is 5.95. The van der Waals surface area contributed by atoms with E-state index in [1.165, 1.54) is 18.2 Å². The van der Waals surface area contributed by atoms with Gasteiger partial charge in [0.25, 0.3) is 0 Å². The Morgan fingerprint density at radius 3 is 2.40 bits per heavy atom. The largest absolute Gasteiger partial charge is 0.507 e. The lowest BCUT2D eigenvalue weighted by molar-refractivity contribution is -0.132. The van der Waals surface area contributed by atoms with Crippen LogP contribution in [0.3, 0.4) is 0 Å². The van der Waals surface area contributed by atoms with E-state index in [0.717, 1.165) is 0 Å². The van der Waals surface area contributed by atoms with Crippen molar-refractivity contribution in [2.75, 3.05) is 6.54 Å². The van der Waals surface area contributed by atoms with E-state index in [4.69, 9.17) is 10.5 Å². The number of aromatic hydroxyl groups is 1. The van der Waals surface area contributed by atoms with E-state index in [1.54, 1.807) is 30.3 Å². The topological polar surface area (TPSA) is 89.6 Å². The fraction of sp³-hybridized carbons (Fsp3) is 0.0667. The van der Waals surface area contributed by atoms with Gasteiger partial charge in [-0.25, -0.2) is 0 Å². The predicted molar refractivity (Wildman–Crippen MR) is 72.7 cm³/mol. The van der Waals surface area contributed by atoms with Crippen molar-refractivity contribution < 1.29 is 19.4 Å². The Balaban J connectivity index is 2.26. The second-order valence-electron chi connectivity index (χ2n) is 4.05. The molecule has 2 aromatic carbocycles. The highest BCUT2D eigenvalue weighted by molar-refractivity contribution is 6.10. The van der Waals surface area contributed by atoms with Crippen LogP contribution in [0.2, 0.25) is 0 Å². The van der Waals surface area contributed by atoms with Crippen LogP contribution in [-0.4, -0.2) is 23.4 Å². The van der Waals surface area contributed by atoms with Crippen molar-refractivity contribution >= 4 is 11.8 Å². The molecule has 0 aromatic heterocycles. The molecule has 3 N–H and O–H groups in total. The highest BCUT2D eigenvalue weighted by Crippen LogP contribution is 2.25. The van der Waals surface area contributed by atoms with Crippen LogP contribution in [0.1, 0.15) is 15.9 Å². The third kappa shape index (κ3) is 3.02. The van der Waals surface area contributed by atoms with Crippen LogP contribution in [0.5, 0.6) is 11.5 Å². The third-order valence-corrected chi connectivity index (χ3v) is 2.65. The van der Waals surface area contributed by atoms with Gasteiger partial charge < -0.3 is 15.6 Å². The number of nitrogens with two attached hydrogens (primary N) is 1. The molecule has 0 atom stereocenters. The number of esters is 1. The first-order valence-corrected chi connectivity index (χ1v) is 5.95. The Bertz CT molecular complexity index is 638. The molecular formula is C15H13NO4. The zero-order chi connectivity index (χ0) is 14.5. The highest BCUT2D eigenvalue weighted by Gasteiger charge is 2.14. The molecule has 0 spiro atoms. The van der Waals surface area contributed by atoms with E-state index in [0.29, 0.717) is 5.56 Å². The lowest BCUT2D eigenvalue weighted by Crippen LogP contribution is -2.19. The normalized spacial score (nSPS) is 10.1. The maximum atomic E-state index is 12.2. The fourth-order valence-corrected chi connectivity index (χ4v) is 1.69. The Kier molecular flexibility index (Phi) is 4.12. The molecular weight excluding hydrogens is 258 g/mol. The van der Waals surface area contributed by atoms with Gasteiger partial charge in [-0.15, -0.1) is 0 Å². The molecule has 0 saturated heterocycles. The Labute approximate surface area is 115 Å². The maximum Gasteiger partial charge on any atom is 0.325 e. The number of ether oxygens (including phenoxy) is 1. The number of rotatable bonds is 4. The first kappa shape index (κ1) is 13.8. The molecule has 0 fully saturated rings. The van der Waals surface area contributed by atoms with Crippen molar-refractivity contribution in [2.24, 2.45) is 5.73 Å². The van der Waals surface area contributed by atoms with E-state index < -0.39 is 5.97 Å². The Morgan fingerprint density at radius 2 is 1.80 bits per heavy atom. The highest BCUT2D eigenvalue weighted by atomic mass is 16.5. The van der Waals surface area contributed by atoms with Crippen molar-refractivity contribution in [3.63, 3.8) is 0 Å². The lowest BCUT2D eigenvalue weighted by atomic mass is 10.0. The van der Waals surface area contributed by atoms with Crippen LogP contribution >= 0.6 is 0 Å². The Morgan fingerprint density at radius 1 is 1.10 bits per heavy atom. The zero-order valence-electron chi connectivity index (χ0n) is 10.6. The number of phenolic OH excluding ortho intramolecular Hbond substituents is 1. The smallest absolute Gasteiger partial charge is 0.325 e. The molecule has 0 saturated carbocycles. The van der Waals surface area contributed by atoms with Crippen LogP contribution in [0, 0.1) is 0 Å². The molecule has 0 unspecified atom stereocenters. The summed E-state index contributed by atoms with van der Waals surface area (Å²) in [5.41, 5.74) is 5.73. The number of carbonyl (C=O) groups is 2. The summed E-state index contributed by atoms with van der Waals surface area (Å²) in [6.07, 6.45) is 0. The van der Waals surface area contributed by atoms with Gasteiger partial charge in [-0.1, -0.05) is 30.3 Å². The fourth-order valence-electron chi connectivity index (χ4n) is 1.69. The summed E-state index contributed by atoms with van der Waals surface area (Å²) < 4.78 is 4.85. The van der Waals surface area contributed by atoms with Crippen molar-refractivity contribution in [2.45, 2.75) is 0 Å². The maximum absolute atomic E-state index is 12.2. The van der Waals surface area contributed by atoms with Gasteiger partial charge in [-0.2, -0.15) is 0 Å². The molecule has 0 aliphatic carbocycles. The van der Waals surface area contributed by atoms with Crippen LogP contribution in [0.4, 0.5) is 0 Å². The van der Waals surface area contributed by atoms with Gasteiger partial charge in [-0.3, -0.25) is 9.59 Å². The molecule has 20 heavy (non-hydrogen) atoms. The van der Waals surface area contributed by atoms with Crippen LogP contribution < -0.4 is 10.5 Å². The number of hydrogen-bond donors (Lipinski definition) is 2. The van der Waals surface area contributed by atoms with Gasteiger partial charge in [0.15, 0.2) is 5.78 Å². The number of ketones is 1. The van der Waals surface area contributed by atoms with Gasteiger partial charge in [0.1, 0.15) is 11.5 Å².